The molecule has 0 amide bonds. The highest BCUT2D eigenvalue weighted by molar-refractivity contribution is 5.60. The molecule has 1 atom stereocenters. The van der Waals surface area contributed by atoms with Crippen molar-refractivity contribution in [2.45, 2.75) is 26.4 Å². The number of nitrogens with two attached hydrogens (primary N) is 1. The number of rotatable bonds is 5. The van der Waals surface area contributed by atoms with Crippen LogP contribution in [0, 0.1) is 10.1 Å². The number of hydrogen-bond acceptors (Lipinski definition) is 7. The van der Waals surface area contributed by atoms with Gasteiger partial charge in [0, 0.05) is 0 Å². The summed E-state index contributed by atoms with van der Waals surface area (Å²) in [5, 5.41) is 10.8. The van der Waals surface area contributed by atoms with Gasteiger partial charge in [-0.2, -0.15) is 4.98 Å². The van der Waals surface area contributed by atoms with Gasteiger partial charge in [0.25, 0.3) is 5.88 Å². The molecule has 1 unspecified atom stereocenters. The van der Waals surface area contributed by atoms with E-state index in [2.05, 4.69) is 15.4 Å². The number of hydrogen-bond donors (Lipinski definition) is 2. The van der Waals surface area contributed by atoms with Crippen LogP contribution in [0.25, 0.3) is 0 Å². The lowest BCUT2D eigenvalue weighted by atomic mass is 10.3. The van der Waals surface area contributed by atoms with Crippen LogP contribution < -0.4 is 16.0 Å². The fourth-order valence-corrected chi connectivity index (χ4v) is 0.993. The highest BCUT2D eigenvalue weighted by Crippen LogP contribution is 2.30. The summed E-state index contributed by atoms with van der Waals surface area (Å²) in [7, 11) is 0. The normalized spacial score (nSPS) is 11.9. The first kappa shape index (κ1) is 12.1. The fourth-order valence-electron chi connectivity index (χ4n) is 0.993. The number of nitrogens with one attached hydrogen (secondary N) is 1. The smallest absolute Gasteiger partial charge is 0.374 e. The molecular formula is C8H13N5O3. The SMILES string of the molecule is CCC(C)Oc1ncnc(NN)c1[N+](=O)[O-]. The Labute approximate surface area is 92.0 Å². The summed E-state index contributed by atoms with van der Waals surface area (Å²) in [6.45, 7) is 3.70. The molecular weight excluding hydrogens is 214 g/mol. The zero-order chi connectivity index (χ0) is 12.1. The van der Waals surface area contributed by atoms with Crippen LogP contribution in [0.4, 0.5) is 11.5 Å². The van der Waals surface area contributed by atoms with Crippen molar-refractivity contribution in [3.63, 3.8) is 0 Å². The summed E-state index contributed by atoms with van der Waals surface area (Å²) < 4.78 is 5.31. The number of nitro groups is 1. The van der Waals surface area contributed by atoms with Crippen molar-refractivity contribution in [3.05, 3.63) is 16.4 Å². The van der Waals surface area contributed by atoms with Crippen LogP contribution in [0.3, 0.4) is 0 Å². The van der Waals surface area contributed by atoms with Gasteiger partial charge >= 0.3 is 5.69 Å². The highest BCUT2D eigenvalue weighted by atomic mass is 16.6. The van der Waals surface area contributed by atoms with Gasteiger partial charge in [-0.3, -0.25) is 10.1 Å². The van der Waals surface area contributed by atoms with Crippen LogP contribution >= 0.6 is 0 Å². The Hall–Kier alpha value is -1.96. The van der Waals surface area contributed by atoms with E-state index in [9.17, 15) is 10.1 Å². The third kappa shape index (κ3) is 2.54. The Bertz CT molecular complexity index is 384. The lowest BCUT2D eigenvalue weighted by Crippen LogP contribution is -2.15. The molecule has 0 aromatic carbocycles. The van der Waals surface area contributed by atoms with Crippen molar-refractivity contribution in [1.29, 1.82) is 0 Å². The molecule has 88 valence electrons. The van der Waals surface area contributed by atoms with Crippen LogP contribution in [-0.2, 0) is 0 Å². The molecule has 0 fully saturated rings. The van der Waals surface area contributed by atoms with Crippen LogP contribution in [0.1, 0.15) is 20.3 Å². The first-order valence-corrected chi connectivity index (χ1v) is 4.72. The molecule has 1 rings (SSSR count). The zero-order valence-electron chi connectivity index (χ0n) is 9.01. The van der Waals surface area contributed by atoms with Crippen LogP contribution in [0.5, 0.6) is 5.88 Å². The Morgan fingerprint density at radius 3 is 2.88 bits per heavy atom. The average Bonchev–Trinajstić information content (AvgIpc) is 2.28. The first-order chi connectivity index (χ1) is 7.60. The molecule has 3 N–H and O–H groups in total. The Morgan fingerprint density at radius 2 is 2.38 bits per heavy atom. The van der Waals surface area contributed by atoms with E-state index in [1.54, 1.807) is 6.92 Å². The second-order valence-electron chi connectivity index (χ2n) is 3.11. The first-order valence-electron chi connectivity index (χ1n) is 4.72. The Morgan fingerprint density at radius 1 is 1.69 bits per heavy atom. The molecule has 1 heterocycles. The number of aromatic nitrogens is 2. The molecule has 0 radical (unpaired) electrons. The van der Waals surface area contributed by atoms with Crippen molar-refractivity contribution in [3.8, 4) is 5.88 Å². The summed E-state index contributed by atoms with van der Waals surface area (Å²) in [5.41, 5.74) is 1.78. The van der Waals surface area contributed by atoms with E-state index < -0.39 is 4.92 Å². The third-order valence-corrected chi connectivity index (χ3v) is 2.00. The number of nitrogen functional groups attached to an aromatic ring is 1. The van der Waals surface area contributed by atoms with Crippen LogP contribution in [0.2, 0.25) is 0 Å². The summed E-state index contributed by atoms with van der Waals surface area (Å²) in [4.78, 5) is 17.6. The molecule has 16 heavy (non-hydrogen) atoms. The zero-order valence-corrected chi connectivity index (χ0v) is 9.01. The fraction of sp³-hybridized carbons (Fsp3) is 0.500. The minimum Gasteiger partial charge on any atom is -0.470 e. The molecule has 0 bridgehead atoms. The number of ether oxygens (including phenoxy) is 1. The van der Waals surface area contributed by atoms with E-state index in [-0.39, 0.29) is 23.5 Å². The highest BCUT2D eigenvalue weighted by Gasteiger charge is 2.24. The molecule has 0 aliphatic carbocycles. The van der Waals surface area contributed by atoms with Crippen molar-refractivity contribution in [1.82, 2.24) is 9.97 Å². The molecule has 1 aromatic rings. The van der Waals surface area contributed by atoms with E-state index in [1.165, 1.54) is 0 Å². The van der Waals surface area contributed by atoms with E-state index in [0.717, 1.165) is 6.33 Å². The maximum atomic E-state index is 10.8. The predicted molar refractivity (Wildman–Crippen MR) is 56.9 cm³/mol. The van der Waals surface area contributed by atoms with Gasteiger partial charge in [0.05, 0.1) is 11.0 Å². The lowest BCUT2D eigenvalue weighted by molar-refractivity contribution is -0.385. The van der Waals surface area contributed by atoms with Gasteiger partial charge in [-0.05, 0) is 13.3 Å². The van der Waals surface area contributed by atoms with Crippen LogP contribution in [-0.4, -0.2) is 21.0 Å². The quantitative estimate of drug-likeness (QED) is 0.435. The maximum Gasteiger partial charge on any atom is 0.374 e. The summed E-state index contributed by atoms with van der Waals surface area (Å²) in [6, 6.07) is 0. The molecule has 8 heteroatoms. The van der Waals surface area contributed by atoms with Gasteiger partial charge in [0.15, 0.2) is 0 Å². The van der Waals surface area contributed by atoms with E-state index >= 15 is 0 Å². The second-order valence-corrected chi connectivity index (χ2v) is 3.11. The van der Waals surface area contributed by atoms with Crippen LogP contribution in [0.15, 0.2) is 6.33 Å². The average molecular weight is 227 g/mol. The topological polar surface area (TPSA) is 116 Å². The second kappa shape index (κ2) is 5.21. The minimum atomic E-state index is -0.632. The van der Waals surface area contributed by atoms with Crippen molar-refractivity contribution in [2.75, 3.05) is 5.43 Å². The predicted octanol–water partition coefficient (Wildman–Crippen LogP) is 0.848. The molecule has 0 spiro atoms. The maximum absolute atomic E-state index is 10.8. The lowest BCUT2D eigenvalue weighted by Gasteiger charge is -2.11. The monoisotopic (exact) mass is 227 g/mol. The van der Waals surface area contributed by atoms with E-state index in [4.69, 9.17) is 10.6 Å². The van der Waals surface area contributed by atoms with Gasteiger partial charge in [0.1, 0.15) is 6.33 Å². The van der Waals surface area contributed by atoms with Gasteiger partial charge in [-0.25, -0.2) is 10.8 Å². The molecule has 1 aromatic heterocycles. The third-order valence-electron chi connectivity index (χ3n) is 2.00. The molecule has 0 aliphatic rings. The van der Waals surface area contributed by atoms with Crippen molar-refractivity contribution < 1.29 is 9.66 Å². The van der Waals surface area contributed by atoms with Gasteiger partial charge < -0.3 is 10.2 Å². The largest absolute Gasteiger partial charge is 0.470 e. The van der Waals surface area contributed by atoms with Gasteiger partial charge in [-0.15, -0.1) is 0 Å². The summed E-state index contributed by atoms with van der Waals surface area (Å²) in [5.74, 6) is 4.97. The van der Waals surface area contributed by atoms with Gasteiger partial charge in [0.2, 0.25) is 5.82 Å². The minimum absolute atomic E-state index is 0.0710. The standard InChI is InChI=1S/C8H13N5O3/c1-3-5(2)16-8-6(13(14)15)7(12-9)10-4-11-8/h4-5H,3,9H2,1-2H3,(H,10,11,12). The Kier molecular flexibility index (Phi) is 3.95. The van der Waals surface area contributed by atoms with E-state index in [0.29, 0.717) is 6.42 Å². The Balaban J connectivity index is 3.12. The molecule has 0 saturated carbocycles. The van der Waals surface area contributed by atoms with E-state index in [1.807, 2.05) is 6.92 Å². The number of hydrazine groups is 1. The summed E-state index contributed by atoms with van der Waals surface area (Å²) in [6.07, 6.45) is 1.70. The number of nitrogens with zero attached hydrogens (tertiary/aromatic N) is 3. The van der Waals surface area contributed by atoms with Crippen molar-refractivity contribution >= 4 is 11.5 Å². The molecule has 0 saturated heterocycles. The number of anilines is 1. The molecule has 0 aliphatic heterocycles. The van der Waals surface area contributed by atoms with Crippen molar-refractivity contribution in [2.24, 2.45) is 5.84 Å². The summed E-state index contributed by atoms with van der Waals surface area (Å²) >= 11 is 0. The molecule has 8 nitrogen and oxygen atoms in total. The van der Waals surface area contributed by atoms with Gasteiger partial charge in [-0.1, -0.05) is 6.92 Å².